The van der Waals surface area contributed by atoms with Crippen LogP contribution < -0.4 is 5.32 Å². The first-order valence-corrected chi connectivity index (χ1v) is 8.48. The van der Waals surface area contributed by atoms with Crippen LogP contribution in [0.25, 0.3) is 0 Å². The molecule has 92 valence electrons. The Bertz CT molecular complexity index is 289. The zero-order valence-corrected chi connectivity index (χ0v) is 12.5. The Hall–Kier alpha value is 0.220. The number of thioether (sulfide) groups is 2. The Morgan fingerprint density at radius 3 is 2.62 bits per heavy atom. The van der Waals surface area contributed by atoms with Gasteiger partial charge < -0.3 is 5.32 Å². The second kappa shape index (κ2) is 8.33. The molecule has 0 aromatic carbocycles. The lowest BCUT2D eigenvalue weighted by molar-refractivity contribution is 0.567. The van der Waals surface area contributed by atoms with Gasteiger partial charge in [-0.3, -0.25) is 0 Å². The highest BCUT2D eigenvalue weighted by molar-refractivity contribution is 8.02. The maximum absolute atomic E-state index is 4.13. The molecule has 0 aliphatic heterocycles. The molecule has 0 saturated heterocycles. The van der Waals surface area contributed by atoms with Gasteiger partial charge in [0.2, 0.25) is 0 Å². The zero-order valence-electron chi connectivity index (χ0n) is 10.0. The Morgan fingerprint density at radius 2 is 2.00 bits per heavy atom. The highest BCUT2D eigenvalue weighted by Gasteiger charge is 2.02. The SMILES string of the molecule is CSc1nnc(SCCCCNC(C)C)s1. The summed E-state index contributed by atoms with van der Waals surface area (Å²) in [6, 6.07) is 0.597. The highest BCUT2D eigenvalue weighted by atomic mass is 32.2. The van der Waals surface area contributed by atoms with Gasteiger partial charge in [0, 0.05) is 11.8 Å². The van der Waals surface area contributed by atoms with Crippen molar-refractivity contribution >= 4 is 34.9 Å². The predicted molar refractivity (Wildman–Crippen MR) is 74.8 cm³/mol. The fourth-order valence-electron chi connectivity index (χ4n) is 1.12. The Labute approximate surface area is 110 Å². The third-order valence-electron chi connectivity index (χ3n) is 1.91. The van der Waals surface area contributed by atoms with Crippen LogP contribution in [0.3, 0.4) is 0 Å². The van der Waals surface area contributed by atoms with Gasteiger partial charge in [0.25, 0.3) is 0 Å². The zero-order chi connectivity index (χ0) is 11.8. The minimum Gasteiger partial charge on any atom is -0.315 e. The number of aromatic nitrogens is 2. The lowest BCUT2D eigenvalue weighted by atomic mass is 10.3. The molecule has 1 N–H and O–H groups in total. The van der Waals surface area contributed by atoms with Gasteiger partial charge in [-0.25, -0.2) is 0 Å². The minimum atomic E-state index is 0.597. The average Bonchev–Trinajstić information content (AvgIpc) is 2.70. The molecule has 3 nitrogen and oxygen atoms in total. The summed E-state index contributed by atoms with van der Waals surface area (Å²) >= 11 is 5.17. The highest BCUT2D eigenvalue weighted by Crippen LogP contribution is 2.27. The van der Waals surface area contributed by atoms with Crippen molar-refractivity contribution in [3.05, 3.63) is 0 Å². The number of unbranched alkanes of at least 4 members (excludes halogenated alkanes) is 1. The van der Waals surface area contributed by atoms with Crippen molar-refractivity contribution in [1.82, 2.24) is 15.5 Å². The molecule has 0 atom stereocenters. The fraction of sp³-hybridized carbons (Fsp3) is 0.800. The van der Waals surface area contributed by atoms with Crippen molar-refractivity contribution in [1.29, 1.82) is 0 Å². The van der Waals surface area contributed by atoms with Crippen LogP contribution in [-0.2, 0) is 0 Å². The first-order valence-electron chi connectivity index (χ1n) is 5.46. The Morgan fingerprint density at radius 1 is 1.25 bits per heavy atom. The standard InChI is InChI=1S/C10H19N3S3/c1-8(2)11-6-4-5-7-15-10-13-12-9(14-3)16-10/h8,11H,4-7H2,1-3H3. The van der Waals surface area contributed by atoms with Crippen LogP contribution in [0.2, 0.25) is 0 Å². The van der Waals surface area contributed by atoms with E-state index in [2.05, 4.69) is 29.4 Å². The molecule has 1 heterocycles. The third kappa shape index (κ3) is 6.08. The molecule has 0 aliphatic carbocycles. The lowest BCUT2D eigenvalue weighted by Gasteiger charge is -2.06. The van der Waals surface area contributed by atoms with E-state index in [9.17, 15) is 0 Å². The molecule has 0 radical (unpaired) electrons. The molecule has 0 unspecified atom stereocenters. The summed E-state index contributed by atoms with van der Waals surface area (Å²) in [5.74, 6) is 1.14. The van der Waals surface area contributed by atoms with Crippen molar-refractivity contribution in [2.45, 2.75) is 41.4 Å². The average molecular weight is 277 g/mol. The summed E-state index contributed by atoms with van der Waals surface area (Å²) in [5.41, 5.74) is 0. The molecule has 16 heavy (non-hydrogen) atoms. The van der Waals surface area contributed by atoms with Crippen LogP contribution in [-0.4, -0.2) is 34.8 Å². The van der Waals surface area contributed by atoms with E-state index in [1.807, 2.05) is 18.0 Å². The molecule has 1 aromatic rings. The van der Waals surface area contributed by atoms with Crippen molar-refractivity contribution in [2.75, 3.05) is 18.6 Å². The monoisotopic (exact) mass is 277 g/mol. The molecule has 0 amide bonds. The van der Waals surface area contributed by atoms with Crippen molar-refractivity contribution < 1.29 is 0 Å². The minimum absolute atomic E-state index is 0.597. The molecule has 0 spiro atoms. The van der Waals surface area contributed by atoms with Gasteiger partial charge in [-0.1, -0.05) is 48.7 Å². The van der Waals surface area contributed by atoms with Crippen molar-refractivity contribution in [3.63, 3.8) is 0 Å². The van der Waals surface area contributed by atoms with Gasteiger partial charge in [0.1, 0.15) is 0 Å². The molecule has 0 bridgehead atoms. The second-order valence-corrected chi connectivity index (χ2v) is 7.08. The maximum atomic E-state index is 4.13. The van der Waals surface area contributed by atoms with E-state index in [0.717, 1.165) is 21.0 Å². The topological polar surface area (TPSA) is 37.8 Å². The van der Waals surface area contributed by atoms with Crippen molar-refractivity contribution in [3.8, 4) is 0 Å². The van der Waals surface area contributed by atoms with Crippen molar-refractivity contribution in [2.24, 2.45) is 0 Å². The van der Waals surface area contributed by atoms with Crippen LogP contribution in [0, 0.1) is 0 Å². The maximum Gasteiger partial charge on any atom is 0.175 e. The summed E-state index contributed by atoms with van der Waals surface area (Å²) < 4.78 is 2.16. The first kappa shape index (κ1) is 14.3. The van der Waals surface area contributed by atoms with Gasteiger partial charge in [0.15, 0.2) is 8.68 Å². The van der Waals surface area contributed by atoms with Gasteiger partial charge >= 0.3 is 0 Å². The lowest BCUT2D eigenvalue weighted by Crippen LogP contribution is -2.23. The largest absolute Gasteiger partial charge is 0.315 e. The predicted octanol–water partition coefficient (Wildman–Crippen LogP) is 3.13. The number of nitrogens with one attached hydrogen (secondary N) is 1. The Kier molecular flexibility index (Phi) is 7.44. The second-order valence-electron chi connectivity index (χ2n) is 3.70. The summed E-state index contributed by atoms with van der Waals surface area (Å²) in [4.78, 5) is 0. The fourth-order valence-corrected chi connectivity index (χ4v) is 3.62. The Balaban J connectivity index is 2.02. The summed E-state index contributed by atoms with van der Waals surface area (Å²) in [7, 11) is 0. The van der Waals surface area contributed by atoms with Crippen LogP contribution in [0.1, 0.15) is 26.7 Å². The van der Waals surface area contributed by atoms with Crippen LogP contribution in [0.5, 0.6) is 0 Å². The number of nitrogens with zero attached hydrogens (tertiary/aromatic N) is 2. The molecular weight excluding hydrogens is 258 g/mol. The molecule has 1 rings (SSSR count). The van der Waals surface area contributed by atoms with Gasteiger partial charge in [-0.2, -0.15) is 0 Å². The summed E-state index contributed by atoms with van der Waals surface area (Å²) in [5, 5.41) is 11.6. The van der Waals surface area contributed by atoms with E-state index in [1.54, 1.807) is 23.1 Å². The number of hydrogen-bond acceptors (Lipinski definition) is 6. The van der Waals surface area contributed by atoms with Crippen LogP contribution in [0.4, 0.5) is 0 Å². The number of rotatable bonds is 8. The molecular formula is C10H19N3S3. The van der Waals surface area contributed by atoms with E-state index < -0.39 is 0 Å². The first-order chi connectivity index (χ1) is 7.72. The summed E-state index contributed by atoms with van der Waals surface area (Å²) in [6.45, 7) is 5.48. The molecule has 6 heteroatoms. The number of hydrogen-bond donors (Lipinski definition) is 1. The summed E-state index contributed by atoms with van der Waals surface area (Å²) in [6.07, 6.45) is 4.50. The third-order valence-corrected chi connectivity index (χ3v) is 5.03. The van der Waals surface area contributed by atoms with Crippen LogP contribution in [0.15, 0.2) is 8.68 Å². The quantitative estimate of drug-likeness (QED) is 0.584. The molecule has 0 saturated carbocycles. The smallest absolute Gasteiger partial charge is 0.175 e. The van der Waals surface area contributed by atoms with E-state index in [1.165, 1.54) is 12.8 Å². The van der Waals surface area contributed by atoms with Gasteiger partial charge in [0.05, 0.1) is 0 Å². The van der Waals surface area contributed by atoms with Gasteiger partial charge in [-0.15, -0.1) is 10.2 Å². The molecule has 1 aromatic heterocycles. The van der Waals surface area contributed by atoms with E-state index in [4.69, 9.17) is 0 Å². The molecule has 0 fully saturated rings. The van der Waals surface area contributed by atoms with Gasteiger partial charge in [-0.05, 0) is 25.6 Å². The van der Waals surface area contributed by atoms with E-state index >= 15 is 0 Å². The van der Waals surface area contributed by atoms with E-state index in [-0.39, 0.29) is 0 Å². The van der Waals surface area contributed by atoms with Crippen LogP contribution >= 0.6 is 34.9 Å². The molecule has 0 aliphatic rings. The van der Waals surface area contributed by atoms with E-state index in [0.29, 0.717) is 6.04 Å². The normalized spacial score (nSPS) is 11.2.